The molecule has 0 spiro atoms. The Labute approximate surface area is 307 Å². The van der Waals surface area contributed by atoms with E-state index in [0.717, 1.165) is 23.1 Å². The molecule has 20 heteroatoms. The van der Waals surface area contributed by atoms with E-state index in [-0.39, 0.29) is 60.9 Å². The SMILES string of the molecule is C[C@@H]1CO[C@@](O)(c2cc(F)cc(F)c2)[C@H](C)N1C(=O)OCOC(=O)CCCC(=O)OCCOC(=O)c1cc(S(N)(=O)=O)c(Cl)cc1NCc1ccco1. The van der Waals surface area contributed by atoms with E-state index in [0.29, 0.717) is 11.8 Å². The first-order chi connectivity index (χ1) is 25.0. The molecule has 3 atom stereocenters. The number of amides is 1. The number of rotatable bonds is 15. The van der Waals surface area contributed by atoms with Gasteiger partial charge in [-0.05, 0) is 56.7 Å². The van der Waals surface area contributed by atoms with Crippen LogP contribution in [-0.4, -0.2) is 81.1 Å². The van der Waals surface area contributed by atoms with Crippen LogP contribution < -0.4 is 10.5 Å². The molecular weight excluding hydrogens is 752 g/mol. The number of anilines is 1. The fourth-order valence-electron chi connectivity index (χ4n) is 5.23. The molecule has 0 unspecified atom stereocenters. The van der Waals surface area contributed by atoms with Crippen LogP contribution in [0, 0.1) is 11.6 Å². The molecule has 16 nitrogen and oxygen atoms in total. The second kappa shape index (κ2) is 17.8. The molecule has 0 radical (unpaired) electrons. The Morgan fingerprint density at radius 2 is 1.68 bits per heavy atom. The normalized spacial score (nSPS) is 18.6. The molecule has 1 fully saturated rings. The van der Waals surface area contributed by atoms with Crippen molar-refractivity contribution in [3.8, 4) is 0 Å². The van der Waals surface area contributed by atoms with Gasteiger partial charge in [-0.15, -0.1) is 0 Å². The molecule has 3 aromatic rings. The Balaban J connectivity index is 1.17. The molecule has 1 aliphatic rings. The van der Waals surface area contributed by atoms with Gasteiger partial charge in [0.2, 0.25) is 22.6 Å². The molecule has 2 heterocycles. The van der Waals surface area contributed by atoms with Crippen LogP contribution in [0.5, 0.6) is 0 Å². The van der Waals surface area contributed by atoms with Crippen molar-refractivity contribution < 1.29 is 69.6 Å². The fourth-order valence-corrected chi connectivity index (χ4v) is 6.33. The number of hydrogen-bond donors (Lipinski definition) is 3. The lowest BCUT2D eigenvalue weighted by molar-refractivity contribution is -0.280. The number of esters is 3. The summed E-state index contributed by atoms with van der Waals surface area (Å²) in [5.41, 5.74) is -0.337. The lowest BCUT2D eigenvalue weighted by Gasteiger charge is -2.47. The van der Waals surface area contributed by atoms with Gasteiger partial charge >= 0.3 is 24.0 Å². The number of sulfonamides is 1. The number of carbonyl (C=O) groups is 4. The van der Waals surface area contributed by atoms with Gasteiger partial charge in [0.25, 0.3) is 0 Å². The van der Waals surface area contributed by atoms with Crippen LogP contribution in [0.3, 0.4) is 0 Å². The highest BCUT2D eigenvalue weighted by molar-refractivity contribution is 7.89. The summed E-state index contributed by atoms with van der Waals surface area (Å²) in [6.07, 6.45) is -0.0408. The zero-order chi connectivity index (χ0) is 38.9. The number of carbonyl (C=O) groups excluding carboxylic acids is 4. The highest BCUT2D eigenvalue weighted by Crippen LogP contribution is 2.36. The maximum Gasteiger partial charge on any atom is 0.413 e. The zero-order valence-electron chi connectivity index (χ0n) is 28.3. The van der Waals surface area contributed by atoms with Gasteiger partial charge in [0.15, 0.2) is 0 Å². The van der Waals surface area contributed by atoms with Crippen molar-refractivity contribution in [2.45, 2.75) is 62.4 Å². The number of nitrogens with zero attached hydrogens (tertiary/aromatic N) is 1. The van der Waals surface area contributed by atoms with Crippen LogP contribution in [-0.2, 0) is 55.6 Å². The molecule has 4 N–H and O–H groups in total. The average Bonchev–Trinajstić information content (AvgIpc) is 3.60. The monoisotopic (exact) mass is 787 g/mol. The summed E-state index contributed by atoms with van der Waals surface area (Å²) in [6.45, 7) is 1.32. The van der Waals surface area contributed by atoms with Crippen LogP contribution >= 0.6 is 11.6 Å². The van der Waals surface area contributed by atoms with E-state index in [1.807, 2.05) is 0 Å². The lowest BCUT2D eigenvalue weighted by atomic mass is 9.94. The van der Waals surface area contributed by atoms with Gasteiger partial charge in [0.1, 0.15) is 35.5 Å². The number of halogens is 3. The summed E-state index contributed by atoms with van der Waals surface area (Å²) in [6, 6.07) is 6.04. The first kappa shape index (κ1) is 40.9. The summed E-state index contributed by atoms with van der Waals surface area (Å²) in [5.74, 6) is -6.18. The minimum atomic E-state index is -4.29. The third-order valence-corrected chi connectivity index (χ3v) is 9.24. The number of benzene rings is 2. The van der Waals surface area contributed by atoms with Gasteiger partial charge in [-0.2, -0.15) is 0 Å². The first-order valence-electron chi connectivity index (χ1n) is 15.9. The van der Waals surface area contributed by atoms with Crippen molar-refractivity contribution in [2.24, 2.45) is 5.14 Å². The van der Waals surface area contributed by atoms with Crippen molar-refractivity contribution >= 4 is 51.3 Å². The van der Waals surface area contributed by atoms with Crippen molar-refractivity contribution in [3.05, 3.63) is 82.3 Å². The van der Waals surface area contributed by atoms with Crippen LogP contribution in [0.4, 0.5) is 19.3 Å². The summed E-state index contributed by atoms with van der Waals surface area (Å²) in [5, 5.41) is 19.0. The van der Waals surface area contributed by atoms with Crippen LogP contribution in [0.1, 0.15) is 54.8 Å². The van der Waals surface area contributed by atoms with Crippen LogP contribution in [0.25, 0.3) is 0 Å². The van der Waals surface area contributed by atoms with Gasteiger partial charge in [-0.25, -0.2) is 31.9 Å². The number of nitrogens with two attached hydrogens (primary N) is 1. The molecule has 288 valence electrons. The maximum absolute atomic E-state index is 13.8. The maximum atomic E-state index is 13.8. The fraction of sp³-hybridized carbons (Fsp3) is 0.394. The molecule has 1 aromatic heterocycles. The van der Waals surface area contributed by atoms with E-state index < -0.39 is 81.8 Å². The molecule has 0 aliphatic carbocycles. The standard InChI is InChI=1S/C33H36ClF2N3O13S/c1-19-17-52-33(44,21-11-22(35)13-23(36)12-21)20(2)39(19)32(43)51-18-50-30(41)7-3-6-29(40)48-9-10-49-31(42)25-14-28(53(37,45)46)26(34)15-27(25)38-16-24-5-4-8-47-24/h4-5,8,11-15,19-20,38,44H,3,6-7,9-10,16-18H2,1-2H3,(H2,37,45,46)/t19-,20+,33-/m1/s1. The Morgan fingerprint density at radius 3 is 2.32 bits per heavy atom. The minimum Gasteiger partial charge on any atom is -0.467 e. The molecule has 2 aromatic carbocycles. The average molecular weight is 788 g/mol. The van der Waals surface area contributed by atoms with Gasteiger partial charge in [-0.3, -0.25) is 14.5 Å². The number of aliphatic hydroxyl groups is 1. The quantitative estimate of drug-likeness (QED) is 0.0860. The summed E-state index contributed by atoms with van der Waals surface area (Å²) in [4.78, 5) is 50.5. The van der Waals surface area contributed by atoms with Gasteiger partial charge in [0, 0.05) is 24.5 Å². The highest BCUT2D eigenvalue weighted by Gasteiger charge is 2.49. The van der Waals surface area contributed by atoms with Gasteiger partial charge in [0.05, 0.1) is 47.8 Å². The zero-order valence-corrected chi connectivity index (χ0v) is 29.9. The van der Waals surface area contributed by atoms with E-state index >= 15 is 0 Å². The largest absolute Gasteiger partial charge is 0.467 e. The van der Waals surface area contributed by atoms with Crippen LogP contribution in [0.15, 0.2) is 58.0 Å². The van der Waals surface area contributed by atoms with Crippen LogP contribution in [0.2, 0.25) is 5.02 Å². The predicted octanol–water partition coefficient (Wildman–Crippen LogP) is 3.93. The van der Waals surface area contributed by atoms with Crippen molar-refractivity contribution in [1.29, 1.82) is 0 Å². The summed E-state index contributed by atoms with van der Waals surface area (Å²) in [7, 11) is -4.29. The number of ether oxygens (including phenoxy) is 5. The van der Waals surface area contributed by atoms with E-state index in [1.54, 1.807) is 19.1 Å². The number of hydrogen-bond acceptors (Lipinski definition) is 14. The van der Waals surface area contributed by atoms with E-state index in [9.17, 15) is 41.5 Å². The second-order valence-corrected chi connectivity index (χ2v) is 13.6. The number of nitrogens with one attached hydrogen (secondary N) is 1. The Morgan fingerprint density at radius 1 is 1.02 bits per heavy atom. The molecule has 0 saturated carbocycles. The third-order valence-electron chi connectivity index (χ3n) is 7.87. The highest BCUT2D eigenvalue weighted by atomic mass is 35.5. The molecule has 1 saturated heterocycles. The minimum absolute atomic E-state index is 0.00796. The topological polar surface area (TPSA) is 223 Å². The molecule has 1 amide bonds. The van der Waals surface area contributed by atoms with E-state index in [1.165, 1.54) is 19.3 Å². The molecule has 53 heavy (non-hydrogen) atoms. The number of primary sulfonamides is 1. The number of morpholine rings is 1. The Bertz CT molecular complexity index is 1900. The summed E-state index contributed by atoms with van der Waals surface area (Å²) >= 11 is 6.07. The van der Waals surface area contributed by atoms with Crippen molar-refractivity contribution in [2.75, 3.05) is 31.9 Å². The van der Waals surface area contributed by atoms with E-state index in [2.05, 4.69) is 5.32 Å². The van der Waals surface area contributed by atoms with E-state index in [4.69, 9.17) is 44.8 Å². The van der Waals surface area contributed by atoms with Gasteiger partial charge < -0.3 is 38.5 Å². The molecule has 4 rings (SSSR count). The smallest absolute Gasteiger partial charge is 0.413 e. The molecule has 0 bridgehead atoms. The molecule has 1 aliphatic heterocycles. The Kier molecular flexibility index (Phi) is 13.8. The van der Waals surface area contributed by atoms with Crippen molar-refractivity contribution in [3.63, 3.8) is 0 Å². The molecular formula is C33H36ClF2N3O13S. The van der Waals surface area contributed by atoms with Crippen molar-refractivity contribution in [1.82, 2.24) is 4.90 Å². The Hall–Kier alpha value is -4.82. The number of furan rings is 1. The lowest BCUT2D eigenvalue weighted by Crippen LogP contribution is -2.62. The second-order valence-electron chi connectivity index (χ2n) is 11.7. The van der Waals surface area contributed by atoms with Gasteiger partial charge in [-0.1, -0.05) is 11.6 Å². The first-order valence-corrected chi connectivity index (χ1v) is 17.8. The third kappa shape index (κ3) is 10.9. The predicted molar refractivity (Wildman–Crippen MR) is 178 cm³/mol. The summed E-state index contributed by atoms with van der Waals surface area (Å²) < 4.78 is 82.3.